The molecule has 2 aromatic heterocycles. The van der Waals surface area contributed by atoms with E-state index in [9.17, 15) is 4.79 Å². The lowest BCUT2D eigenvalue weighted by Crippen LogP contribution is -2.39. The molecule has 29 heavy (non-hydrogen) atoms. The van der Waals surface area contributed by atoms with Crippen LogP contribution in [-0.2, 0) is 0 Å². The van der Waals surface area contributed by atoms with E-state index in [1.54, 1.807) is 16.9 Å². The maximum absolute atomic E-state index is 12.7. The molecule has 0 unspecified atom stereocenters. The number of aromatic nitrogens is 4. The zero-order valence-corrected chi connectivity index (χ0v) is 15.7. The van der Waals surface area contributed by atoms with Crippen molar-refractivity contribution >= 4 is 5.91 Å². The summed E-state index contributed by atoms with van der Waals surface area (Å²) in [6, 6.07) is 11.3. The van der Waals surface area contributed by atoms with Gasteiger partial charge in [0.2, 0.25) is 5.69 Å². The second-order valence-corrected chi connectivity index (χ2v) is 6.89. The van der Waals surface area contributed by atoms with Crippen molar-refractivity contribution in [1.82, 2.24) is 25.1 Å². The number of ether oxygens (including phenoxy) is 1. The van der Waals surface area contributed by atoms with E-state index >= 15 is 0 Å². The zero-order valence-electron chi connectivity index (χ0n) is 15.7. The van der Waals surface area contributed by atoms with E-state index in [1.807, 2.05) is 36.5 Å². The summed E-state index contributed by atoms with van der Waals surface area (Å²) in [5.41, 5.74) is 1.65. The average Bonchev–Trinajstić information content (AvgIpc) is 3.31. The van der Waals surface area contributed by atoms with E-state index in [-0.39, 0.29) is 29.6 Å². The van der Waals surface area contributed by atoms with Crippen molar-refractivity contribution in [3.63, 3.8) is 0 Å². The van der Waals surface area contributed by atoms with Crippen molar-refractivity contribution in [1.29, 1.82) is 5.26 Å². The van der Waals surface area contributed by atoms with Gasteiger partial charge in [-0.05, 0) is 49.9 Å². The minimum absolute atomic E-state index is 0.0323. The Kier molecular flexibility index (Phi) is 5.47. The van der Waals surface area contributed by atoms with Gasteiger partial charge in [-0.1, -0.05) is 6.07 Å². The molecule has 8 nitrogen and oxygen atoms in total. The summed E-state index contributed by atoms with van der Waals surface area (Å²) in [6.45, 7) is 0. The number of benzene rings is 1. The molecular weight excluding hydrogens is 368 g/mol. The van der Waals surface area contributed by atoms with Crippen LogP contribution < -0.4 is 10.1 Å². The third-order valence-corrected chi connectivity index (χ3v) is 4.94. The number of carbonyl (C=O) groups excluding carboxylic acids is 1. The molecule has 0 radical (unpaired) electrons. The van der Waals surface area contributed by atoms with Gasteiger partial charge in [0.1, 0.15) is 12.2 Å². The smallest absolute Gasteiger partial charge is 0.251 e. The van der Waals surface area contributed by atoms with Crippen LogP contribution >= 0.6 is 0 Å². The molecule has 0 aliphatic heterocycles. The molecule has 0 bridgehead atoms. The van der Waals surface area contributed by atoms with Crippen LogP contribution in [0.5, 0.6) is 5.88 Å². The number of nitriles is 1. The molecule has 1 fully saturated rings. The highest BCUT2D eigenvalue weighted by Gasteiger charge is 2.25. The molecular formula is C21H20N6O2. The molecule has 1 amide bonds. The molecule has 146 valence electrons. The fourth-order valence-corrected chi connectivity index (χ4v) is 3.45. The number of hydrogen-bond acceptors (Lipinski definition) is 6. The number of hydrogen-bond donors (Lipinski definition) is 1. The second kappa shape index (κ2) is 8.52. The van der Waals surface area contributed by atoms with Crippen molar-refractivity contribution in [3.05, 3.63) is 66.4 Å². The fraction of sp³-hybridized carbons (Fsp3) is 0.286. The number of nitrogens with one attached hydrogen (secondary N) is 1. The third kappa shape index (κ3) is 4.41. The maximum atomic E-state index is 12.7. The van der Waals surface area contributed by atoms with Crippen molar-refractivity contribution in [3.8, 4) is 17.6 Å². The van der Waals surface area contributed by atoms with E-state index in [1.165, 1.54) is 12.4 Å². The van der Waals surface area contributed by atoms with Crippen LogP contribution in [0.25, 0.3) is 5.69 Å². The molecule has 1 aromatic carbocycles. The molecule has 1 aliphatic rings. The molecule has 1 saturated carbocycles. The van der Waals surface area contributed by atoms with Crippen LogP contribution in [0.1, 0.15) is 41.7 Å². The lowest BCUT2D eigenvalue weighted by molar-refractivity contribution is 0.0889. The summed E-state index contributed by atoms with van der Waals surface area (Å²) < 4.78 is 7.58. The van der Waals surface area contributed by atoms with Gasteiger partial charge in [-0.25, -0.2) is 14.6 Å². The Balaban J connectivity index is 1.32. The standard InChI is InChI=1S/C21H20N6O2/c22-14-19-21(24-11-10-23-19)29-18-7-5-16(6-8-18)26-20(28)15-3-1-4-17(13-15)27-12-2-9-25-27/h1-4,9-13,16,18H,5-8H2,(H,26,28). The Hall–Kier alpha value is -3.73. The predicted molar refractivity (Wildman–Crippen MR) is 104 cm³/mol. The summed E-state index contributed by atoms with van der Waals surface area (Å²) in [7, 11) is 0. The average molecular weight is 388 g/mol. The van der Waals surface area contributed by atoms with Crippen molar-refractivity contribution in [2.45, 2.75) is 37.8 Å². The summed E-state index contributed by atoms with van der Waals surface area (Å²) >= 11 is 0. The van der Waals surface area contributed by atoms with Gasteiger partial charge in [-0.15, -0.1) is 0 Å². The van der Waals surface area contributed by atoms with Gasteiger partial charge < -0.3 is 10.1 Å². The van der Waals surface area contributed by atoms with Gasteiger partial charge in [-0.3, -0.25) is 4.79 Å². The van der Waals surface area contributed by atoms with Crippen LogP contribution in [0.3, 0.4) is 0 Å². The number of carbonyl (C=O) groups is 1. The first-order valence-corrected chi connectivity index (χ1v) is 9.51. The largest absolute Gasteiger partial charge is 0.472 e. The molecule has 0 spiro atoms. The predicted octanol–water partition coefficient (Wildman–Crippen LogP) is 2.65. The SMILES string of the molecule is N#Cc1nccnc1OC1CCC(NC(=O)c2cccc(-n3cccn3)c2)CC1. The van der Waals surface area contributed by atoms with E-state index in [4.69, 9.17) is 10.00 Å². The Morgan fingerprint density at radius 1 is 1.14 bits per heavy atom. The normalized spacial score (nSPS) is 18.6. The first-order valence-electron chi connectivity index (χ1n) is 9.51. The quantitative estimate of drug-likeness (QED) is 0.720. The minimum atomic E-state index is -0.0935. The highest BCUT2D eigenvalue weighted by molar-refractivity contribution is 5.94. The molecule has 0 saturated heterocycles. The van der Waals surface area contributed by atoms with Gasteiger partial charge in [0.25, 0.3) is 11.8 Å². The van der Waals surface area contributed by atoms with E-state index < -0.39 is 0 Å². The lowest BCUT2D eigenvalue weighted by Gasteiger charge is -2.29. The van der Waals surface area contributed by atoms with Gasteiger partial charge in [0.05, 0.1) is 5.69 Å². The summed E-state index contributed by atoms with van der Waals surface area (Å²) in [4.78, 5) is 20.7. The summed E-state index contributed by atoms with van der Waals surface area (Å²) in [5.74, 6) is 0.182. The number of amides is 1. The monoisotopic (exact) mass is 388 g/mol. The van der Waals surface area contributed by atoms with E-state index in [2.05, 4.69) is 20.4 Å². The van der Waals surface area contributed by atoms with E-state index in [0.29, 0.717) is 5.56 Å². The topological polar surface area (TPSA) is 106 Å². The third-order valence-electron chi connectivity index (χ3n) is 4.94. The zero-order chi connectivity index (χ0) is 20.1. The Morgan fingerprint density at radius 3 is 2.72 bits per heavy atom. The molecule has 1 aliphatic carbocycles. The van der Waals surface area contributed by atoms with Crippen LogP contribution in [0, 0.1) is 11.3 Å². The van der Waals surface area contributed by atoms with Gasteiger partial charge >= 0.3 is 0 Å². The molecule has 8 heteroatoms. The van der Waals surface area contributed by atoms with Crippen molar-refractivity contribution in [2.75, 3.05) is 0 Å². The number of rotatable bonds is 5. The summed E-state index contributed by atoms with van der Waals surface area (Å²) in [6.07, 6.45) is 9.66. The van der Waals surface area contributed by atoms with Gasteiger partial charge in [0, 0.05) is 36.4 Å². The molecule has 1 N–H and O–H groups in total. The minimum Gasteiger partial charge on any atom is -0.472 e. The Labute approximate surface area is 168 Å². The first kappa shape index (κ1) is 18.6. The van der Waals surface area contributed by atoms with Crippen LogP contribution in [0.4, 0.5) is 0 Å². The molecule has 3 aromatic rings. The number of nitrogens with zero attached hydrogens (tertiary/aromatic N) is 5. The van der Waals surface area contributed by atoms with Crippen molar-refractivity contribution < 1.29 is 9.53 Å². The van der Waals surface area contributed by atoms with Crippen molar-refractivity contribution in [2.24, 2.45) is 0 Å². The van der Waals surface area contributed by atoms with Gasteiger partial charge in [0.15, 0.2) is 0 Å². The molecule has 4 rings (SSSR count). The highest BCUT2D eigenvalue weighted by Crippen LogP contribution is 2.24. The fourth-order valence-electron chi connectivity index (χ4n) is 3.45. The Morgan fingerprint density at radius 2 is 1.97 bits per heavy atom. The Bertz CT molecular complexity index is 1020. The second-order valence-electron chi connectivity index (χ2n) is 6.89. The van der Waals surface area contributed by atoms with Crippen LogP contribution in [-0.4, -0.2) is 37.8 Å². The molecule has 0 atom stereocenters. The lowest BCUT2D eigenvalue weighted by atomic mass is 9.92. The van der Waals surface area contributed by atoms with E-state index in [0.717, 1.165) is 31.4 Å². The van der Waals surface area contributed by atoms with Crippen LogP contribution in [0.2, 0.25) is 0 Å². The van der Waals surface area contributed by atoms with Crippen LogP contribution in [0.15, 0.2) is 55.1 Å². The highest BCUT2D eigenvalue weighted by atomic mass is 16.5. The maximum Gasteiger partial charge on any atom is 0.251 e. The molecule has 2 heterocycles. The first-order chi connectivity index (χ1) is 14.2. The van der Waals surface area contributed by atoms with Gasteiger partial charge in [-0.2, -0.15) is 10.4 Å². The summed E-state index contributed by atoms with van der Waals surface area (Å²) in [5, 5.41) is 16.4.